The molecule has 0 radical (unpaired) electrons. The second-order valence-electron chi connectivity index (χ2n) is 5.85. The van der Waals surface area contributed by atoms with Gasteiger partial charge in [0.25, 0.3) is 0 Å². The smallest absolute Gasteiger partial charge is 0.151 e. The van der Waals surface area contributed by atoms with Gasteiger partial charge in [-0.1, -0.05) is 6.07 Å². The highest BCUT2D eigenvalue weighted by Crippen LogP contribution is 2.20. The van der Waals surface area contributed by atoms with E-state index in [9.17, 15) is 4.39 Å². The highest BCUT2D eigenvalue weighted by molar-refractivity contribution is 6.16. The van der Waals surface area contributed by atoms with E-state index in [-0.39, 0.29) is 11.7 Å². The maximum absolute atomic E-state index is 13.8. The zero-order valence-corrected chi connectivity index (χ0v) is 13.9. The molecule has 0 atom stereocenters. The molecule has 1 aromatic heterocycles. The van der Waals surface area contributed by atoms with Crippen molar-refractivity contribution in [3.8, 4) is 0 Å². The quantitative estimate of drug-likeness (QED) is 0.751. The summed E-state index contributed by atoms with van der Waals surface area (Å²) in [6.07, 6.45) is 0. The number of nitrogens with zero attached hydrogens (tertiary/aromatic N) is 3. The first-order chi connectivity index (χ1) is 9.95. The maximum atomic E-state index is 13.8. The van der Waals surface area contributed by atoms with Crippen molar-refractivity contribution in [2.24, 2.45) is 0 Å². The van der Waals surface area contributed by atoms with Gasteiger partial charge in [0.1, 0.15) is 11.3 Å². The van der Waals surface area contributed by atoms with Crippen LogP contribution in [0.1, 0.15) is 33.5 Å². The van der Waals surface area contributed by atoms with Crippen LogP contribution in [0.2, 0.25) is 0 Å². The molecule has 2 rings (SSSR count). The standard InChI is InChI=1S/C16H23ClFN3/c1-11(2)20(12(3)4)8-9-21-14-7-5-6-13(18)16(14)19-15(21)10-17/h5-7,11-12H,8-10H2,1-4H3. The molecule has 3 nitrogen and oxygen atoms in total. The van der Waals surface area contributed by atoms with E-state index in [1.807, 2.05) is 10.6 Å². The highest BCUT2D eigenvalue weighted by atomic mass is 35.5. The molecule has 21 heavy (non-hydrogen) atoms. The minimum Gasteiger partial charge on any atom is -0.326 e. The molecule has 0 spiro atoms. The number of benzene rings is 1. The average Bonchev–Trinajstić information content (AvgIpc) is 2.78. The fourth-order valence-corrected chi connectivity index (χ4v) is 3.04. The van der Waals surface area contributed by atoms with Crippen molar-refractivity contribution < 1.29 is 4.39 Å². The van der Waals surface area contributed by atoms with Crippen molar-refractivity contribution in [1.29, 1.82) is 0 Å². The van der Waals surface area contributed by atoms with E-state index in [1.54, 1.807) is 6.07 Å². The summed E-state index contributed by atoms with van der Waals surface area (Å²) in [6.45, 7) is 10.4. The molecule has 0 unspecified atom stereocenters. The van der Waals surface area contributed by atoms with Gasteiger partial charge >= 0.3 is 0 Å². The summed E-state index contributed by atoms with van der Waals surface area (Å²) >= 11 is 5.98. The molecule has 0 aliphatic rings. The zero-order valence-electron chi connectivity index (χ0n) is 13.1. The van der Waals surface area contributed by atoms with Gasteiger partial charge in [-0.3, -0.25) is 4.90 Å². The molecule has 0 saturated carbocycles. The van der Waals surface area contributed by atoms with E-state index >= 15 is 0 Å². The zero-order chi connectivity index (χ0) is 15.6. The van der Waals surface area contributed by atoms with Crippen molar-refractivity contribution in [2.75, 3.05) is 6.54 Å². The van der Waals surface area contributed by atoms with Gasteiger partial charge in [-0.2, -0.15) is 0 Å². The van der Waals surface area contributed by atoms with Crippen LogP contribution >= 0.6 is 11.6 Å². The molecule has 116 valence electrons. The topological polar surface area (TPSA) is 21.1 Å². The lowest BCUT2D eigenvalue weighted by atomic mass is 10.2. The number of alkyl halides is 1. The van der Waals surface area contributed by atoms with Gasteiger partial charge in [0, 0.05) is 25.2 Å². The Morgan fingerprint density at radius 3 is 2.48 bits per heavy atom. The predicted molar refractivity (Wildman–Crippen MR) is 86.2 cm³/mol. The Kier molecular flexibility index (Phi) is 5.22. The van der Waals surface area contributed by atoms with Gasteiger partial charge in [-0.15, -0.1) is 11.6 Å². The summed E-state index contributed by atoms with van der Waals surface area (Å²) in [5.74, 6) is 0.726. The Morgan fingerprint density at radius 2 is 1.90 bits per heavy atom. The molecule has 1 heterocycles. The van der Waals surface area contributed by atoms with E-state index in [0.29, 0.717) is 17.6 Å². The number of halogens is 2. The second-order valence-corrected chi connectivity index (χ2v) is 6.11. The molecule has 0 fully saturated rings. The van der Waals surface area contributed by atoms with E-state index in [4.69, 9.17) is 11.6 Å². The Hall–Kier alpha value is -1.13. The van der Waals surface area contributed by atoms with Crippen LogP contribution in [-0.2, 0) is 12.4 Å². The number of imidazole rings is 1. The first kappa shape index (κ1) is 16.2. The van der Waals surface area contributed by atoms with Crippen molar-refractivity contribution in [2.45, 2.75) is 52.2 Å². The third-order valence-electron chi connectivity index (χ3n) is 3.84. The molecule has 0 bridgehead atoms. The molecule has 1 aromatic carbocycles. The number of hydrogen-bond acceptors (Lipinski definition) is 2. The normalized spacial score (nSPS) is 12.2. The van der Waals surface area contributed by atoms with Crippen LogP contribution in [0.4, 0.5) is 4.39 Å². The van der Waals surface area contributed by atoms with Gasteiger partial charge in [-0.05, 0) is 39.8 Å². The van der Waals surface area contributed by atoms with Gasteiger partial charge in [0.15, 0.2) is 5.82 Å². The monoisotopic (exact) mass is 311 g/mol. The van der Waals surface area contributed by atoms with Crippen LogP contribution in [0.25, 0.3) is 11.0 Å². The van der Waals surface area contributed by atoms with Crippen LogP contribution in [0.15, 0.2) is 18.2 Å². The fraction of sp³-hybridized carbons (Fsp3) is 0.562. The number of para-hydroxylation sites is 1. The maximum Gasteiger partial charge on any atom is 0.151 e. The van der Waals surface area contributed by atoms with Crippen molar-refractivity contribution in [1.82, 2.24) is 14.5 Å². The van der Waals surface area contributed by atoms with Crippen LogP contribution in [0.3, 0.4) is 0 Å². The lowest BCUT2D eigenvalue weighted by Crippen LogP contribution is -2.39. The van der Waals surface area contributed by atoms with Crippen molar-refractivity contribution in [3.63, 3.8) is 0 Å². The van der Waals surface area contributed by atoms with E-state index < -0.39 is 0 Å². The number of aromatic nitrogens is 2. The Morgan fingerprint density at radius 1 is 1.24 bits per heavy atom. The average molecular weight is 312 g/mol. The van der Waals surface area contributed by atoms with Crippen molar-refractivity contribution >= 4 is 22.6 Å². The van der Waals surface area contributed by atoms with Crippen LogP contribution in [0, 0.1) is 5.82 Å². The summed E-state index contributed by atoms with van der Waals surface area (Å²) < 4.78 is 15.9. The molecule has 0 aliphatic heterocycles. The minimum absolute atomic E-state index is 0.289. The first-order valence-corrected chi connectivity index (χ1v) is 7.94. The summed E-state index contributed by atoms with van der Waals surface area (Å²) in [4.78, 5) is 6.74. The molecular formula is C16H23ClFN3. The Labute approximate surface area is 130 Å². The Balaban J connectivity index is 2.31. The van der Waals surface area contributed by atoms with Crippen LogP contribution in [-0.4, -0.2) is 33.1 Å². The molecule has 0 saturated heterocycles. The minimum atomic E-state index is -0.290. The molecule has 5 heteroatoms. The van der Waals surface area contributed by atoms with E-state index in [1.165, 1.54) is 6.07 Å². The third-order valence-corrected chi connectivity index (χ3v) is 4.08. The highest BCUT2D eigenvalue weighted by Gasteiger charge is 2.16. The van der Waals surface area contributed by atoms with Crippen molar-refractivity contribution in [3.05, 3.63) is 29.8 Å². The van der Waals surface area contributed by atoms with E-state index in [2.05, 4.69) is 37.6 Å². The SMILES string of the molecule is CC(C)N(CCn1c(CCl)nc2c(F)cccc21)C(C)C. The molecule has 2 aromatic rings. The predicted octanol–water partition coefficient (Wildman–Crippen LogP) is 4.03. The summed E-state index contributed by atoms with van der Waals surface area (Å²) in [5.41, 5.74) is 1.23. The molecule has 0 N–H and O–H groups in total. The second kappa shape index (κ2) is 6.75. The first-order valence-electron chi connectivity index (χ1n) is 7.41. The van der Waals surface area contributed by atoms with Gasteiger partial charge in [0.05, 0.1) is 11.4 Å². The fourth-order valence-electron chi connectivity index (χ4n) is 2.84. The molecular weight excluding hydrogens is 289 g/mol. The van der Waals surface area contributed by atoms with Gasteiger partial charge in [0.2, 0.25) is 0 Å². The summed E-state index contributed by atoms with van der Waals surface area (Å²) in [5, 5.41) is 0. The largest absolute Gasteiger partial charge is 0.326 e. The van der Waals surface area contributed by atoms with E-state index in [0.717, 1.165) is 24.4 Å². The molecule has 0 aliphatic carbocycles. The number of rotatable bonds is 6. The number of hydrogen-bond donors (Lipinski definition) is 0. The van der Waals surface area contributed by atoms with Crippen LogP contribution in [0.5, 0.6) is 0 Å². The lowest BCUT2D eigenvalue weighted by Gasteiger charge is -2.30. The number of fused-ring (bicyclic) bond motifs is 1. The van der Waals surface area contributed by atoms with Gasteiger partial charge < -0.3 is 4.57 Å². The summed E-state index contributed by atoms with van der Waals surface area (Å²) in [7, 11) is 0. The summed E-state index contributed by atoms with van der Waals surface area (Å²) in [6, 6.07) is 5.99. The van der Waals surface area contributed by atoms with Gasteiger partial charge in [-0.25, -0.2) is 9.37 Å². The third kappa shape index (κ3) is 3.38. The Bertz CT molecular complexity index is 599. The molecule has 0 amide bonds. The van der Waals surface area contributed by atoms with Crippen LogP contribution < -0.4 is 0 Å². The lowest BCUT2D eigenvalue weighted by molar-refractivity contribution is 0.168.